The molecule has 0 aliphatic heterocycles. The number of aryl methyl sites for hydroxylation is 1. The van der Waals surface area contributed by atoms with Crippen LogP contribution >= 0.6 is 23.2 Å². The molecule has 0 saturated heterocycles. The zero-order valence-electron chi connectivity index (χ0n) is 6.43. The molecule has 0 N–H and O–H groups in total. The maximum atomic E-state index is 8.44. The van der Waals surface area contributed by atoms with E-state index in [-0.39, 0.29) is 6.42 Å². The Balaban J connectivity index is 3.21. The van der Waals surface area contributed by atoms with Gasteiger partial charge >= 0.3 is 0 Å². The Hall–Kier alpha value is -0.780. The normalized spacial score (nSPS) is 9.50. The van der Waals surface area contributed by atoms with Crippen molar-refractivity contribution in [2.24, 2.45) is 0 Å². The van der Waals surface area contributed by atoms with Crippen LogP contribution in [0.25, 0.3) is 0 Å². The topological polar surface area (TPSA) is 36.7 Å². The van der Waals surface area contributed by atoms with Gasteiger partial charge in [0, 0.05) is 16.3 Å². The average molecular weight is 201 g/mol. The van der Waals surface area contributed by atoms with Crippen molar-refractivity contribution in [3.8, 4) is 6.07 Å². The number of nitriles is 1. The van der Waals surface area contributed by atoms with Crippen LogP contribution in [-0.4, -0.2) is 4.98 Å². The highest BCUT2D eigenvalue weighted by Crippen LogP contribution is 2.23. The molecule has 1 aromatic rings. The predicted molar refractivity (Wildman–Crippen MR) is 48.3 cm³/mol. The van der Waals surface area contributed by atoms with E-state index in [0.29, 0.717) is 15.7 Å². The fourth-order valence-corrected chi connectivity index (χ4v) is 1.52. The zero-order valence-corrected chi connectivity index (χ0v) is 7.95. The molecule has 1 aromatic heterocycles. The van der Waals surface area contributed by atoms with Crippen LogP contribution in [0.1, 0.15) is 11.3 Å². The molecule has 4 heteroatoms. The quantitative estimate of drug-likeness (QED) is 0.655. The number of rotatable bonds is 1. The molecule has 1 heterocycles. The Morgan fingerprint density at radius 1 is 1.58 bits per heavy atom. The largest absolute Gasteiger partial charge is 0.241 e. The standard InChI is InChI=1S/C8H6Cl2N2/c1-5-4-7(9)6(2-3-11)8(10)12-5/h4H,2H2,1H3. The number of pyridine rings is 1. The minimum Gasteiger partial charge on any atom is -0.241 e. The second-order valence-electron chi connectivity index (χ2n) is 2.35. The summed E-state index contributed by atoms with van der Waals surface area (Å²) in [5.74, 6) is 0. The van der Waals surface area contributed by atoms with Crippen molar-refractivity contribution in [3.05, 3.63) is 27.5 Å². The molecule has 0 radical (unpaired) electrons. The smallest absolute Gasteiger partial charge is 0.135 e. The van der Waals surface area contributed by atoms with Crippen molar-refractivity contribution in [3.63, 3.8) is 0 Å². The highest BCUT2D eigenvalue weighted by Gasteiger charge is 2.06. The summed E-state index contributed by atoms with van der Waals surface area (Å²) >= 11 is 11.6. The molecule has 0 amide bonds. The second-order valence-corrected chi connectivity index (χ2v) is 3.11. The Labute approximate surface area is 80.7 Å². The lowest BCUT2D eigenvalue weighted by Crippen LogP contribution is -1.91. The van der Waals surface area contributed by atoms with Crippen LogP contribution in [0.3, 0.4) is 0 Å². The van der Waals surface area contributed by atoms with Gasteiger partial charge in [-0.15, -0.1) is 0 Å². The van der Waals surface area contributed by atoms with E-state index in [4.69, 9.17) is 28.5 Å². The lowest BCUT2D eigenvalue weighted by atomic mass is 10.2. The van der Waals surface area contributed by atoms with Crippen LogP contribution in [-0.2, 0) is 6.42 Å². The van der Waals surface area contributed by atoms with Crippen molar-refractivity contribution in [1.29, 1.82) is 5.26 Å². The Kier molecular flexibility index (Phi) is 2.91. The molecular weight excluding hydrogens is 195 g/mol. The summed E-state index contributed by atoms with van der Waals surface area (Å²) < 4.78 is 0. The van der Waals surface area contributed by atoms with E-state index in [9.17, 15) is 0 Å². The van der Waals surface area contributed by atoms with Crippen LogP contribution in [0.2, 0.25) is 10.2 Å². The molecule has 0 spiro atoms. The summed E-state index contributed by atoms with van der Waals surface area (Å²) in [6, 6.07) is 3.67. The summed E-state index contributed by atoms with van der Waals surface area (Å²) in [4.78, 5) is 3.98. The van der Waals surface area contributed by atoms with Gasteiger partial charge in [-0.1, -0.05) is 23.2 Å². The van der Waals surface area contributed by atoms with Gasteiger partial charge in [-0.05, 0) is 13.0 Å². The Morgan fingerprint density at radius 2 is 2.25 bits per heavy atom. The first-order chi connectivity index (χ1) is 5.65. The third-order valence-electron chi connectivity index (χ3n) is 1.40. The third kappa shape index (κ3) is 1.88. The minimum atomic E-state index is 0.199. The molecule has 1 rings (SSSR count). The average Bonchev–Trinajstić information content (AvgIpc) is 1.96. The number of hydrogen-bond donors (Lipinski definition) is 0. The van der Waals surface area contributed by atoms with Gasteiger partial charge in [-0.3, -0.25) is 0 Å². The molecule has 0 aliphatic rings. The summed E-state index contributed by atoms with van der Waals surface area (Å²) in [6.07, 6.45) is 0.199. The Bertz CT molecular complexity index is 318. The van der Waals surface area contributed by atoms with Crippen LogP contribution in [0.15, 0.2) is 6.07 Å². The lowest BCUT2D eigenvalue weighted by molar-refractivity contribution is 1.14. The highest BCUT2D eigenvalue weighted by atomic mass is 35.5. The molecule has 0 unspecified atom stereocenters. The molecule has 0 aromatic carbocycles. The first-order valence-corrected chi connectivity index (χ1v) is 4.09. The van der Waals surface area contributed by atoms with Crippen molar-refractivity contribution in [2.45, 2.75) is 13.3 Å². The van der Waals surface area contributed by atoms with E-state index in [0.717, 1.165) is 5.69 Å². The van der Waals surface area contributed by atoms with E-state index in [2.05, 4.69) is 4.98 Å². The summed E-state index contributed by atoms with van der Waals surface area (Å²) in [7, 11) is 0. The molecule has 0 bridgehead atoms. The maximum absolute atomic E-state index is 8.44. The van der Waals surface area contributed by atoms with E-state index in [1.807, 2.05) is 6.07 Å². The third-order valence-corrected chi connectivity index (χ3v) is 2.05. The Morgan fingerprint density at radius 3 is 2.75 bits per heavy atom. The molecule has 62 valence electrons. The summed E-state index contributed by atoms with van der Waals surface area (Å²) in [5.41, 5.74) is 1.36. The van der Waals surface area contributed by atoms with Gasteiger partial charge in [0.25, 0.3) is 0 Å². The lowest BCUT2D eigenvalue weighted by Gasteiger charge is -2.02. The van der Waals surface area contributed by atoms with Gasteiger partial charge in [0.15, 0.2) is 0 Å². The SMILES string of the molecule is Cc1cc(Cl)c(CC#N)c(Cl)n1. The molecule has 2 nitrogen and oxygen atoms in total. The van der Waals surface area contributed by atoms with E-state index in [1.54, 1.807) is 13.0 Å². The van der Waals surface area contributed by atoms with Crippen LogP contribution in [0.5, 0.6) is 0 Å². The van der Waals surface area contributed by atoms with Crippen molar-refractivity contribution in [2.75, 3.05) is 0 Å². The zero-order chi connectivity index (χ0) is 9.14. The molecule has 12 heavy (non-hydrogen) atoms. The van der Waals surface area contributed by atoms with Gasteiger partial charge < -0.3 is 0 Å². The minimum absolute atomic E-state index is 0.199. The molecule has 0 fully saturated rings. The van der Waals surface area contributed by atoms with Crippen molar-refractivity contribution >= 4 is 23.2 Å². The monoisotopic (exact) mass is 200 g/mol. The molecule has 0 saturated carbocycles. The summed E-state index contributed by atoms with van der Waals surface area (Å²) in [5, 5.41) is 9.27. The first-order valence-electron chi connectivity index (χ1n) is 3.33. The van der Waals surface area contributed by atoms with Crippen LogP contribution in [0, 0.1) is 18.3 Å². The van der Waals surface area contributed by atoms with E-state index >= 15 is 0 Å². The number of hydrogen-bond acceptors (Lipinski definition) is 2. The highest BCUT2D eigenvalue weighted by molar-refractivity contribution is 6.35. The second kappa shape index (κ2) is 3.75. The van der Waals surface area contributed by atoms with Crippen molar-refractivity contribution in [1.82, 2.24) is 4.98 Å². The van der Waals surface area contributed by atoms with Crippen LogP contribution < -0.4 is 0 Å². The maximum Gasteiger partial charge on any atom is 0.135 e. The van der Waals surface area contributed by atoms with Gasteiger partial charge in [-0.25, -0.2) is 4.98 Å². The molecule has 0 atom stereocenters. The van der Waals surface area contributed by atoms with Gasteiger partial charge in [-0.2, -0.15) is 5.26 Å². The fraction of sp³-hybridized carbons (Fsp3) is 0.250. The van der Waals surface area contributed by atoms with Gasteiger partial charge in [0.2, 0.25) is 0 Å². The predicted octanol–water partition coefficient (Wildman–Crippen LogP) is 2.76. The van der Waals surface area contributed by atoms with Crippen LogP contribution in [0.4, 0.5) is 0 Å². The number of nitrogens with zero attached hydrogens (tertiary/aromatic N) is 2. The number of aromatic nitrogens is 1. The molecule has 0 aliphatic carbocycles. The molecular formula is C8H6Cl2N2. The summed E-state index contributed by atoms with van der Waals surface area (Å²) in [6.45, 7) is 1.80. The van der Waals surface area contributed by atoms with Crippen molar-refractivity contribution < 1.29 is 0 Å². The van der Waals surface area contributed by atoms with Gasteiger partial charge in [0.1, 0.15) is 5.15 Å². The number of halogens is 2. The first kappa shape index (κ1) is 9.31. The van der Waals surface area contributed by atoms with Gasteiger partial charge in [0.05, 0.1) is 12.5 Å². The van der Waals surface area contributed by atoms with E-state index < -0.39 is 0 Å². The fourth-order valence-electron chi connectivity index (χ4n) is 0.860. The van der Waals surface area contributed by atoms with E-state index in [1.165, 1.54) is 0 Å².